The zero-order chi connectivity index (χ0) is 17.3. The summed E-state index contributed by atoms with van der Waals surface area (Å²) in [4.78, 5) is 40.1. The van der Waals surface area contributed by atoms with Gasteiger partial charge in [-0.3, -0.25) is 14.5 Å². The second-order valence-electron chi connectivity index (χ2n) is 6.39. The van der Waals surface area contributed by atoms with E-state index in [2.05, 4.69) is 5.32 Å². The van der Waals surface area contributed by atoms with E-state index in [1.807, 2.05) is 0 Å². The highest BCUT2D eigenvalue weighted by atomic mass is 35.5. The van der Waals surface area contributed by atoms with E-state index in [0.29, 0.717) is 23.7 Å². The molecule has 2 aliphatic heterocycles. The maximum absolute atomic E-state index is 12.8. The minimum Gasteiger partial charge on any atom is -0.341 e. The number of amides is 4. The van der Waals surface area contributed by atoms with Crippen LogP contribution < -0.4 is 5.32 Å². The number of carbonyl (C=O) groups excluding carboxylic acids is 3. The molecular formula is C17H20ClN3O3. The fourth-order valence-electron chi connectivity index (χ4n) is 3.20. The Kier molecular flexibility index (Phi) is 4.49. The Morgan fingerprint density at radius 2 is 1.79 bits per heavy atom. The van der Waals surface area contributed by atoms with Crippen LogP contribution in [0.3, 0.4) is 0 Å². The molecule has 2 aliphatic rings. The number of hydrogen-bond acceptors (Lipinski definition) is 3. The zero-order valence-corrected chi connectivity index (χ0v) is 14.3. The third kappa shape index (κ3) is 2.98. The van der Waals surface area contributed by atoms with Crippen LogP contribution in [0.15, 0.2) is 24.3 Å². The molecule has 7 heteroatoms. The van der Waals surface area contributed by atoms with Crippen LogP contribution >= 0.6 is 11.6 Å². The van der Waals surface area contributed by atoms with Crippen LogP contribution in [0.1, 0.15) is 31.7 Å². The van der Waals surface area contributed by atoms with E-state index in [1.165, 1.54) is 0 Å². The molecule has 0 saturated carbocycles. The normalized spacial score (nSPS) is 24.2. The fraction of sp³-hybridized carbons (Fsp3) is 0.471. The van der Waals surface area contributed by atoms with E-state index in [4.69, 9.17) is 11.6 Å². The molecule has 2 saturated heterocycles. The van der Waals surface area contributed by atoms with Crippen molar-refractivity contribution in [3.8, 4) is 0 Å². The number of nitrogens with zero attached hydrogens (tertiary/aromatic N) is 2. The second-order valence-corrected chi connectivity index (χ2v) is 6.83. The Labute approximate surface area is 145 Å². The molecule has 0 bridgehead atoms. The van der Waals surface area contributed by atoms with Crippen molar-refractivity contribution in [2.45, 2.75) is 31.7 Å². The quantitative estimate of drug-likeness (QED) is 0.850. The highest BCUT2D eigenvalue weighted by Crippen LogP contribution is 2.29. The molecule has 2 heterocycles. The first-order valence-electron chi connectivity index (χ1n) is 8.10. The SMILES string of the molecule is C[C@]1(c2ccc(Cl)cc2)NC(=O)N(CC(=O)N2CCCCC2)C1=O. The van der Waals surface area contributed by atoms with Crippen LogP contribution in [0.25, 0.3) is 0 Å². The number of benzene rings is 1. The molecule has 3 rings (SSSR count). The summed E-state index contributed by atoms with van der Waals surface area (Å²) in [6.07, 6.45) is 3.05. The molecule has 1 aromatic carbocycles. The van der Waals surface area contributed by atoms with Gasteiger partial charge in [-0.25, -0.2) is 4.79 Å². The Balaban J connectivity index is 1.76. The maximum atomic E-state index is 12.8. The first-order valence-corrected chi connectivity index (χ1v) is 8.47. The van der Waals surface area contributed by atoms with Crippen molar-refractivity contribution in [2.75, 3.05) is 19.6 Å². The van der Waals surface area contributed by atoms with Crippen molar-refractivity contribution in [1.82, 2.24) is 15.1 Å². The predicted molar refractivity (Wildman–Crippen MR) is 89.5 cm³/mol. The van der Waals surface area contributed by atoms with Crippen LogP contribution in [-0.4, -0.2) is 47.3 Å². The van der Waals surface area contributed by atoms with Crippen LogP contribution in [0, 0.1) is 0 Å². The summed E-state index contributed by atoms with van der Waals surface area (Å²) in [6, 6.07) is 6.21. The van der Waals surface area contributed by atoms with Crippen molar-refractivity contribution in [3.63, 3.8) is 0 Å². The van der Waals surface area contributed by atoms with Gasteiger partial charge in [0.15, 0.2) is 0 Å². The van der Waals surface area contributed by atoms with Gasteiger partial charge in [0.2, 0.25) is 5.91 Å². The lowest BCUT2D eigenvalue weighted by molar-refractivity contribution is -0.139. The number of carbonyl (C=O) groups is 3. The van der Waals surface area contributed by atoms with Crippen molar-refractivity contribution in [1.29, 1.82) is 0 Å². The first-order chi connectivity index (χ1) is 11.4. The average molecular weight is 350 g/mol. The highest BCUT2D eigenvalue weighted by molar-refractivity contribution is 6.30. The summed E-state index contributed by atoms with van der Waals surface area (Å²) in [6.45, 7) is 2.81. The molecule has 4 amide bonds. The van der Waals surface area contributed by atoms with Gasteiger partial charge in [-0.2, -0.15) is 0 Å². The van der Waals surface area contributed by atoms with Crippen LogP contribution in [0.2, 0.25) is 5.02 Å². The Morgan fingerprint density at radius 1 is 1.17 bits per heavy atom. The van der Waals surface area contributed by atoms with Gasteiger partial charge in [-0.15, -0.1) is 0 Å². The summed E-state index contributed by atoms with van der Waals surface area (Å²) in [5.74, 6) is -0.598. The van der Waals surface area contributed by atoms with Crippen molar-refractivity contribution in [2.24, 2.45) is 0 Å². The molecule has 0 aromatic heterocycles. The summed E-state index contributed by atoms with van der Waals surface area (Å²) in [7, 11) is 0. The van der Waals surface area contributed by atoms with E-state index < -0.39 is 17.5 Å². The van der Waals surface area contributed by atoms with E-state index in [-0.39, 0.29) is 12.5 Å². The molecule has 1 aromatic rings. The van der Waals surface area contributed by atoms with Gasteiger partial charge in [0.05, 0.1) is 0 Å². The van der Waals surface area contributed by atoms with Crippen molar-refractivity contribution in [3.05, 3.63) is 34.9 Å². The minimum atomic E-state index is -1.18. The standard InChI is InChI=1S/C17H20ClN3O3/c1-17(12-5-7-13(18)8-6-12)15(23)21(16(24)19-17)11-14(22)20-9-3-2-4-10-20/h5-8H,2-4,9-11H2,1H3,(H,19,24)/t17-/m1/s1. The van der Waals surface area contributed by atoms with Crippen molar-refractivity contribution >= 4 is 29.4 Å². The maximum Gasteiger partial charge on any atom is 0.325 e. The lowest BCUT2D eigenvalue weighted by atomic mass is 9.92. The second kappa shape index (κ2) is 6.43. The van der Waals surface area contributed by atoms with Crippen LogP contribution in [-0.2, 0) is 15.1 Å². The molecule has 1 N–H and O–H groups in total. The van der Waals surface area contributed by atoms with E-state index >= 15 is 0 Å². The summed E-state index contributed by atoms with van der Waals surface area (Å²) < 4.78 is 0. The Morgan fingerprint density at radius 3 is 2.42 bits per heavy atom. The van der Waals surface area contributed by atoms with Gasteiger partial charge in [-0.05, 0) is 43.9 Å². The highest BCUT2D eigenvalue weighted by Gasteiger charge is 2.49. The molecule has 0 spiro atoms. The lowest BCUT2D eigenvalue weighted by Crippen LogP contribution is -2.45. The molecule has 0 radical (unpaired) electrons. The molecule has 2 fully saturated rings. The number of nitrogens with one attached hydrogen (secondary N) is 1. The number of piperidine rings is 1. The topological polar surface area (TPSA) is 69.7 Å². The van der Waals surface area contributed by atoms with Gasteiger partial charge in [0.25, 0.3) is 5.91 Å². The molecule has 0 unspecified atom stereocenters. The molecular weight excluding hydrogens is 330 g/mol. The van der Waals surface area contributed by atoms with E-state index in [1.54, 1.807) is 36.1 Å². The third-order valence-electron chi connectivity index (χ3n) is 4.70. The number of rotatable bonds is 3. The lowest BCUT2D eigenvalue weighted by Gasteiger charge is -2.28. The van der Waals surface area contributed by atoms with Crippen LogP contribution in [0.5, 0.6) is 0 Å². The number of hydrogen-bond donors (Lipinski definition) is 1. The Hall–Kier alpha value is -2.08. The average Bonchev–Trinajstić information content (AvgIpc) is 2.80. The van der Waals surface area contributed by atoms with Gasteiger partial charge < -0.3 is 10.2 Å². The van der Waals surface area contributed by atoms with E-state index in [0.717, 1.165) is 24.2 Å². The summed E-state index contributed by atoms with van der Waals surface area (Å²) in [5.41, 5.74) is -0.540. The number of likely N-dealkylation sites (tertiary alicyclic amines) is 1. The monoisotopic (exact) mass is 349 g/mol. The molecule has 0 aliphatic carbocycles. The molecule has 6 nitrogen and oxygen atoms in total. The summed E-state index contributed by atoms with van der Waals surface area (Å²) in [5, 5.41) is 3.25. The third-order valence-corrected chi connectivity index (χ3v) is 4.95. The zero-order valence-electron chi connectivity index (χ0n) is 13.5. The molecule has 1 atom stereocenters. The van der Waals surface area contributed by atoms with Gasteiger partial charge in [0.1, 0.15) is 12.1 Å². The van der Waals surface area contributed by atoms with Gasteiger partial charge in [0, 0.05) is 18.1 Å². The van der Waals surface area contributed by atoms with Gasteiger partial charge in [-0.1, -0.05) is 23.7 Å². The number of urea groups is 1. The van der Waals surface area contributed by atoms with E-state index in [9.17, 15) is 14.4 Å². The largest absolute Gasteiger partial charge is 0.341 e. The number of halogens is 1. The van der Waals surface area contributed by atoms with Crippen LogP contribution in [0.4, 0.5) is 4.79 Å². The fourth-order valence-corrected chi connectivity index (χ4v) is 3.32. The molecule has 24 heavy (non-hydrogen) atoms. The summed E-state index contributed by atoms with van der Waals surface area (Å²) >= 11 is 5.88. The molecule has 128 valence electrons. The first kappa shape index (κ1) is 16.8. The van der Waals surface area contributed by atoms with Gasteiger partial charge >= 0.3 is 6.03 Å². The predicted octanol–water partition coefficient (Wildman–Crippen LogP) is 2.12. The minimum absolute atomic E-state index is 0.182. The Bertz CT molecular complexity index is 670. The smallest absolute Gasteiger partial charge is 0.325 e. The number of imide groups is 1. The van der Waals surface area contributed by atoms with Crippen molar-refractivity contribution < 1.29 is 14.4 Å².